The van der Waals surface area contributed by atoms with E-state index in [1.165, 1.54) is 0 Å². The molecule has 3 nitrogen and oxygen atoms in total. The lowest BCUT2D eigenvalue weighted by Crippen LogP contribution is -2.33. The first-order valence-corrected chi connectivity index (χ1v) is 7.34. The van der Waals surface area contributed by atoms with Gasteiger partial charge in [0, 0.05) is 19.6 Å². The highest BCUT2D eigenvalue weighted by Crippen LogP contribution is 2.38. The number of hydrogen-bond donors (Lipinski definition) is 1. The molecule has 1 fully saturated rings. The van der Waals surface area contributed by atoms with Gasteiger partial charge in [0.15, 0.2) is 0 Å². The maximum atomic E-state index is 13.0. The van der Waals surface area contributed by atoms with E-state index in [2.05, 4.69) is 0 Å². The SMILES string of the molecule is O=C(O)[C@@H]1CN(Cc2ccc3ccccc3c2)C[C@H]1C(F)(F)F. The van der Waals surface area contributed by atoms with Crippen molar-refractivity contribution < 1.29 is 23.1 Å². The molecule has 0 aliphatic carbocycles. The second kappa shape index (κ2) is 5.85. The molecule has 1 aliphatic rings. The van der Waals surface area contributed by atoms with Crippen LogP contribution in [0.1, 0.15) is 5.56 Å². The summed E-state index contributed by atoms with van der Waals surface area (Å²) in [4.78, 5) is 12.7. The number of carboxylic acids is 1. The number of carboxylic acid groups (broad SMARTS) is 1. The number of hydrogen-bond acceptors (Lipinski definition) is 2. The largest absolute Gasteiger partial charge is 0.481 e. The highest BCUT2D eigenvalue weighted by molar-refractivity contribution is 5.83. The first-order valence-electron chi connectivity index (χ1n) is 7.34. The van der Waals surface area contributed by atoms with E-state index >= 15 is 0 Å². The number of likely N-dealkylation sites (tertiary alicyclic amines) is 1. The zero-order chi connectivity index (χ0) is 16.6. The van der Waals surface area contributed by atoms with Crippen molar-refractivity contribution in [3.8, 4) is 0 Å². The fourth-order valence-electron chi connectivity index (χ4n) is 3.19. The van der Waals surface area contributed by atoms with Crippen LogP contribution in [-0.4, -0.2) is 35.2 Å². The molecule has 0 radical (unpaired) electrons. The van der Waals surface area contributed by atoms with Crippen LogP contribution in [0.2, 0.25) is 0 Å². The maximum absolute atomic E-state index is 13.0. The molecule has 2 aromatic carbocycles. The van der Waals surface area contributed by atoms with Crippen molar-refractivity contribution in [1.82, 2.24) is 4.90 Å². The molecule has 0 bridgehead atoms. The van der Waals surface area contributed by atoms with Gasteiger partial charge in [0.1, 0.15) is 0 Å². The molecule has 3 rings (SSSR count). The molecule has 1 heterocycles. The molecule has 2 aromatic rings. The van der Waals surface area contributed by atoms with Crippen LogP contribution in [0.4, 0.5) is 13.2 Å². The van der Waals surface area contributed by atoms with E-state index in [4.69, 9.17) is 5.11 Å². The van der Waals surface area contributed by atoms with Gasteiger partial charge in [0.2, 0.25) is 0 Å². The van der Waals surface area contributed by atoms with E-state index in [9.17, 15) is 18.0 Å². The van der Waals surface area contributed by atoms with E-state index in [1.807, 2.05) is 42.5 Å². The summed E-state index contributed by atoms with van der Waals surface area (Å²) >= 11 is 0. The Balaban J connectivity index is 1.78. The highest BCUT2D eigenvalue weighted by atomic mass is 19.4. The van der Waals surface area contributed by atoms with Gasteiger partial charge < -0.3 is 5.11 Å². The number of rotatable bonds is 3. The number of nitrogens with zero attached hydrogens (tertiary/aromatic N) is 1. The molecule has 0 aromatic heterocycles. The molecule has 23 heavy (non-hydrogen) atoms. The molecule has 2 atom stereocenters. The third-order valence-electron chi connectivity index (χ3n) is 4.35. The third-order valence-corrected chi connectivity index (χ3v) is 4.35. The maximum Gasteiger partial charge on any atom is 0.393 e. The van der Waals surface area contributed by atoms with E-state index in [0.29, 0.717) is 6.54 Å². The summed E-state index contributed by atoms with van der Waals surface area (Å²) in [6.45, 7) is -0.0270. The van der Waals surface area contributed by atoms with Gasteiger partial charge in [0.05, 0.1) is 11.8 Å². The number of aliphatic carboxylic acids is 1. The molecular formula is C17H16F3NO2. The monoisotopic (exact) mass is 323 g/mol. The van der Waals surface area contributed by atoms with Gasteiger partial charge in [-0.15, -0.1) is 0 Å². The summed E-state index contributed by atoms with van der Waals surface area (Å²) in [6.07, 6.45) is -4.48. The van der Waals surface area contributed by atoms with Gasteiger partial charge in [-0.05, 0) is 22.4 Å². The van der Waals surface area contributed by atoms with Crippen LogP contribution in [0.25, 0.3) is 10.8 Å². The molecule has 0 unspecified atom stereocenters. The third kappa shape index (κ3) is 3.32. The summed E-state index contributed by atoms with van der Waals surface area (Å²) < 4.78 is 39.0. The fraction of sp³-hybridized carbons (Fsp3) is 0.353. The Hall–Kier alpha value is -2.08. The highest BCUT2D eigenvalue weighted by Gasteiger charge is 2.52. The Labute approximate surface area is 131 Å². The van der Waals surface area contributed by atoms with E-state index in [1.54, 1.807) is 4.90 Å². The summed E-state index contributed by atoms with van der Waals surface area (Å²) in [5.74, 6) is -4.58. The minimum absolute atomic E-state index is 0.0770. The Morgan fingerprint density at radius 1 is 1.13 bits per heavy atom. The molecule has 1 N–H and O–H groups in total. The van der Waals surface area contributed by atoms with Crippen molar-refractivity contribution in [1.29, 1.82) is 0 Å². The summed E-state index contributed by atoms with van der Waals surface area (Å²) in [7, 11) is 0. The summed E-state index contributed by atoms with van der Waals surface area (Å²) in [5, 5.41) is 11.1. The number of carbonyl (C=O) groups is 1. The topological polar surface area (TPSA) is 40.5 Å². The van der Waals surface area contributed by atoms with Crippen molar-refractivity contribution in [2.24, 2.45) is 11.8 Å². The number of benzene rings is 2. The molecule has 122 valence electrons. The van der Waals surface area contributed by atoms with Gasteiger partial charge in [0.25, 0.3) is 0 Å². The van der Waals surface area contributed by atoms with Gasteiger partial charge >= 0.3 is 12.1 Å². The van der Waals surface area contributed by atoms with Crippen molar-refractivity contribution in [3.63, 3.8) is 0 Å². The van der Waals surface area contributed by atoms with Crippen molar-refractivity contribution in [2.45, 2.75) is 12.7 Å². The van der Waals surface area contributed by atoms with Crippen molar-refractivity contribution >= 4 is 16.7 Å². The van der Waals surface area contributed by atoms with Gasteiger partial charge in [-0.3, -0.25) is 9.69 Å². The van der Waals surface area contributed by atoms with Crippen LogP contribution < -0.4 is 0 Å². The van der Waals surface area contributed by atoms with E-state index < -0.39 is 24.0 Å². The van der Waals surface area contributed by atoms with Crippen LogP contribution in [-0.2, 0) is 11.3 Å². The van der Waals surface area contributed by atoms with Crippen molar-refractivity contribution in [3.05, 3.63) is 48.0 Å². The standard InChI is InChI=1S/C17H16F3NO2/c18-17(19,20)15-10-21(9-14(15)16(22)23)8-11-5-6-12-3-1-2-4-13(12)7-11/h1-7,14-15H,8-10H2,(H,22,23)/t14-,15-/m1/s1. The Bertz CT molecular complexity index is 729. The number of halogens is 3. The van der Waals surface area contributed by atoms with Gasteiger partial charge in [-0.2, -0.15) is 13.2 Å². The molecule has 0 spiro atoms. The van der Waals surface area contributed by atoms with Crippen LogP contribution in [0.15, 0.2) is 42.5 Å². The zero-order valence-electron chi connectivity index (χ0n) is 12.3. The van der Waals surface area contributed by atoms with Crippen LogP contribution >= 0.6 is 0 Å². The van der Waals surface area contributed by atoms with Gasteiger partial charge in [-0.25, -0.2) is 0 Å². The predicted molar refractivity (Wildman–Crippen MR) is 79.9 cm³/mol. The Kier molecular flexibility index (Phi) is 4.02. The molecule has 0 amide bonds. The van der Waals surface area contributed by atoms with Crippen molar-refractivity contribution in [2.75, 3.05) is 13.1 Å². The second-order valence-corrected chi connectivity index (χ2v) is 5.97. The number of alkyl halides is 3. The quantitative estimate of drug-likeness (QED) is 0.939. The lowest BCUT2D eigenvalue weighted by molar-refractivity contribution is -0.188. The Morgan fingerprint density at radius 3 is 2.43 bits per heavy atom. The van der Waals surface area contributed by atoms with Crippen LogP contribution in [0.3, 0.4) is 0 Å². The molecular weight excluding hydrogens is 307 g/mol. The molecule has 1 aliphatic heterocycles. The molecule has 6 heteroatoms. The van der Waals surface area contributed by atoms with E-state index in [0.717, 1.165) is 16.3 Å². The summed E-state index contributed by atoms with van der Waals surface area (Å²) in [5.41, 5.74) is 0.885. The smallest absolute Gasteiger partial charge is 0.393 e. The lowest BCUT2D eigenvalue weighted by atomic mass is 9.96. The first-order chi connectivity index (χ1) is 10.8. The lowest BCUT2D eigenvalue weighted by Gasteiger charge is -2.18. The van der Waals surface area contributed by atoms with Crippen LogP contribution in [0.5, 0.6) is 0 Å². The zero-order valence-corrected chi connectivity index (χ0v) is 12.3. The normalized spacial score (nSPS) is 22.6. The average molecular weight is 323 g/mol. The Morgan fingerprint density at radius 2 is 1.83 bits per heavy atom. The van der Waals surface area contributed by atoms with Gasteiger partial charge in [-0.1, -0.05) is 36.4 Å². The number of fused-ring (bicyclic) bond motifs is 1. The first kappa shape index (κ1) is 15.8. The fourth-order valence-corrected chi connectivity index (χ4v) is 3.19. The molecule has 1 saturated heterocycles. The average Bonchev–Trinajstić information content (AvgIpc) is 2.91. The van der Waals surface area contributed by atoms with E-state index in [-0.39, 0.29) is 13.1 Å². The second-order valence-electron chi connectivity index (χ2n) is 5.97. The predicted octanol–water partition coefficient (Wildman–Crippen LogP) is 3.53. The summed E-state index contributed by atoms with van der Waals surface area (Å²) in [6, 6.07) is 13.5. The molecule has 0 saturated carbocycles. The minimum Gasteiger partial charge on any atom is -0.481 e. The van der Waals surface area contributed by atoms with Crippen LogP contribution in [0, 0.1) is 11.8 Å². The minimum atomic E-state index is -4.48.